The van der Waals surface area contributed by atoms with Crippen molar-refractivity contribution in [3.8, 4) is 22.7 Å². The Morgan fingerprint density at radius 3 is 2.66 bits per heavy atom. The second kappa shape index (κ2) is 8.24. The van der Waals surface area contributed by atoms with Crippen LogP contribution < -0.4 is 10.1 Å². The second-order valence-corrected chi connectivity index (χ2v) is 6.73. The van der Waals surface area contributed by atoms with Crippen molar-refractivity contribution in [3.05, 3.63) is 89.5 Å². The van der Waals surface area contributed by atoms with Gasteiger partial charge in [0.2, 0.25) is 0 Å². The molecule has 0 unspecified atom stereocenters. The van der Waals surface area contributed by atoms with Gasteiger partial charge in [0.15, 0.2) is 0 Å². The molecule has 0 atom stereocenters. The van der Waals surface area contributed by atoms with Crippen LogP contribution in [0, 0.1) is 0 Å². The molecule has 0 radical (unpaired) electrons. The van der Waals surface area contributed by atoms with Crippen molar-refractivity contribution in [2.24, 2.45) is 0 Å². The molecule has 0 aliphatic heterocycles. The summed E-state index contributed by atoms with van der Waals surface area (Å²) in [6.45, 7) is 0.282. The fourth-order valence-corrected chi connectivity index (χ4v) is 3.11. The molecule has 1 amide bonds. The molecule has 4 rings (SSSR count). The van der Waals surface area contributed by atoms with Crippen molar-refractivity contribution in [2.75, 3.05) is 7.11 Å². The summed E-state index contributed by atoms with van der Waals surface area (Å²) in [6.07, 6.45) is 1.57. The SMILES string of the molecule is COc1ccc(-c2cc(C(=O)NCc3ccco3)n(-c3cccc(Cl)c3)n2)cc1. The number of halogens is 1. The van der Waals surface area contributed by atoms with Crippen LogP contribution in [0.3, 0.4) is 0 Å². The van der Waals surface area contributed by atoms with Crippen LogP contribution in [0.4, 0.5) is 0 Å². The van der Waals surface area contributed by atoms with E-state index in [1.807, 2.05) is 36.4 Å². The van der Waals surface area contributed by atoms with E-state index in [2.05, 4.69) is 10.4 Å². The first-order valence-corrected chi connectivity index (χ1v) is 9.33. The molecule has 2 aromatic heterocycles. The molecule has 7 heteroatoms. The lowest BCUT2D eigenvalue weighted by Gasteiger charge is -2.08. The van der Waals surface area contributed by atoms with Gasteiger partial charge in [-0.15, -0.1) is 0 Å². The molecule has 0 aliphatic rings. The molecule has 0 spiro atoms. The summed E-state index contributed by atoms with van der Waals surface area (Å²) in [5.41, 5.74) is 2.62. The zero-order valence-electron chi connectivity index (χ0n) is 15.6. The van der Waals surface area contributed by atoms with E-state index in [1.165, 1.54) is 0 Å². The normalized spacial score (nSPS) is 10.7. The monoisotopic (exact) mass is 407 g/mol. The first-order valence-electron chi connectivity index (χ1n) is 8.95. The highest BCUT2D eigenvalue weighted by Crippen LogP contribution is 2.25. The van der Waals surface area contributed by atoms with Gasteiger partial charge in [0.25, 0.3) is 5.91 Å². The van der Waals surface area contributed by atoms with Gasteiger partial charge in [-0.3, -0.25) is 4.79 Å². The summed E-state index contributed by atoms with van der Waals surface area (Å²) >= 11 is 6.14. The summed E-state index contributed by atoms with van der Waals surface area (Å²) in [5, 5.41) is 8.07. The van der Waals surface area contributed by atoms with E-state index in [9.17, 15) is 4.79 Å². The molecule has 0 aliphatic carbocycles. The molecule has 1 N–H and O–H groups in total. The molecule has 0 saturated carbocycles. The minimum Gasteiger partial charge on any atom is -0.497 e. The Morgan fingerprint density at radius 1 is 1.14 bits per heavy atom. The van der Waals surface area contributed by atoms with Crippen LogP contribution in [0.15, 0.2) is 77.4 Å². The second-order valence-electron chi connectivity index (χ2n) is 6.30. The molecule has 2 aromatic carbocycles. The maximum atomic E-state index is 12.9. The third-order valence-electron chi connectivity index (χ3n) is 4.38. The Kier molecular flexibility index (Phi) is 5.35. The van der Waals surface area contributed by atoms with Crippen molar-refractivity contribution < 1.29 is 13.9 Å². The summed E-state index contributed by atoms with van der Waals surface area (Å²) in [7, 11) is 1.62. The minimum absolute atomic E-state index is 0.270. The fourth-order valence-electron chi connectivity index (χ4n) is 2.92. The molecule has 4 aromatic rings. The number of rotatable bonds is 6. The lowest BCUT2D eigenvalue weighted by molar-refractivity contribution is 0.0940. The van der Waals surface area contributed by atoms with Gasteiger partial charge in [-0.2, -0.15) is 5.10 Å². The number of methoxy groups -OCH3 is 1. The smallest absolute Gasteiger partial charge is 0.270 e. The van der Waals surface area contributed by atoms with E-state index < -0.39 is 0 Å². The molecule has 29 heavy (non-hydrogen) atoms. The Bertz CT molecular complexity index is 1120. The number of carbonyl (C=O) groups excluding carboxylic acids is 1. The van der Waals surface area contributed by atoms with Crippen molar-refractivity contribution in [2.45, 2.75) is 6.54 Å². The van der Waals surface area contributed by atoms with Crippen molar-refractivity contribution in [1.29, 1.82) is 0 Å². The topological polar surface area (TPSA) is 69.3 Å². The van der Waals surface area contributed by atoms with E-state index in [0.29, 0.717) is 27.9 Å². The highest BCUT2D eigenvalue weighted by atomic mass is 35.5. The van der Waals surface area contributed by atoms with Gasteiger partial charge in [0.05, 0.1) is 31.3 Å². The molecule has 0 bridgehead atoms. The van der Waals surface area contributed by atoms with Crippen LogP contribution in [0.5, 0.6) is 5.75 Å². The number of benzene rings is 2. The Balaban J connectivity index is 1.70. The average Bonchev–Trinajstić information content (AvgIpc) is 3.42. The van der Waals surface area contributed by atoms with Crippen LogP contribution in [-0.4, -0.2) is 22.8 Å². The highest BCUT2D eigenvalue weighted by Gasteiger charge is 2.18. The molecule has 146 valence electrons. The molecule has 2 heterocycles. The van der Waals surface area contributed by atoms with E-state index in [4.69, 9.17) is 20.8 Å². The van der Waals surface area contributed by atoms with Gasteiger partial charge in [-0.1, -0.05) is 17.7 Å². The maximum Gasteiger partial charge on any atom is 0.270 e. The van der Waals surface area contributed by atoms with Gasteiger partial charge >= 0.3 is 0 Å². The summed E-state index contributed by atoms with van der Waals surface area (Å²) in [4.78, 5) is 12.9. The quantitative estimate of drug-likeness (QED) is 0.502. The van der Waals surface area contributed by atoms with E-state index in [1.54, 1.807) is 48.4 Å². The van der Waals surface area contributed by atoms with Crippen molar-refractivity contribution in [1.82, 2.24) is 15.1 Å². The largest absolute Gasteiger partial charge is 0.497 e. The molecule has 0 fully saturated rings. The first-order chi connectivity index (χ1) is 14.1. The standard InChI is InChI=1S/C22H18ClN3O3/c1-28-18-9-7-15(8-10-18)20-13-21(22(27)24-14-19-6-3-11-29-19)26(25-20)17-5-2-4-16(23)12-17/h2-13H,14H2,1H3,(H,24,27). The lowest BCUT2D eigenvalue weighted by atomic mass is 10.1. The summed E-state index contributed by atoms with van der Waals surface area (Å²) in [6, 6.07) is 20.0. The number of hydrogen-bond acceptors (Lipinski definition) is 4. The van der Waals surface area contributed by atoms with Crippen molar-refractivity contribution in [3.63, 3.8) is 0 Å². The molecular weight excluding hydrogens is 390 g/mol. The maximum absolute atomic E-state index is 12.9. The number of furan rings is 1. The number of aromatic nitrogens is 2. The zero-order chi connectivity index (χ0) is 20.2. The Morgan fingerprint density at radius 2 is 1.97 bits per heavy atom. The van der Waals surface area contributed by atoms with Gasteiger partial charge in [0, 0.05) is 10.6 Å². The van der Waals surface area contributed by atoms with Gasteiger partial charge in [-0.05, 0) is 60.7 Å². The Hall–Kier alpha value is -3.51. The first kappa shape index (κ1) is 18.8. The van der Waals surface area contributed by atoms with E-state index >= 15 is 0 Å². The summed E-state index contributed by atoms with van der Waals surface area (Å²) < 4.78 is 12.1. The average molecular weight is 408 g/mol. The zero-order valence-corrected chi connectivity index (χ0v) is 16.4. The van der Waals surface area contributed by atoms with Crippen LogP contribution in [0.2, 0.25) is 5.02 Å². The molecule has 6 nitrogen and oxygen atoms in total. The lowest BCUT2D eigenvalue weighted by Crippen LogP contribution is -2.25. The number of nitrogens with one attached hydrogen (secondary N) is 1. The van der Waals surface area contributed by atoms with Gasteiger partial charge in [-0.25, -0.2) is 4.68 Å². The number of carbonyl (C=O) groups is 1. The predicted molar refractivity (Wildman–Crippen MR) is 110 cm³/mol. The Labute approximate surface area is 172 Å². The number of ether oxygens (including phenoxy) is 1. The van der Waals surface area contributed by atoms with Gasteiger partial charge < -0.3 is 14.5 Å². The fraction of sp³-hybridized carbons (Fsp3) is 0.0909. The predicted octanol–water partition coefficient (Wildman–Crippen LogP) is 4.72. The molecule has 0 saturated heterocycles. The third-order valence-corrected chi connectivity index (χ3v) is 4.62. The number of amides is 1. The number of nitrogens with zero attached hydrogens (tertiary/aromatic N) is 2. The highest BCUT2D eigenvalue weighted by molar-refractivity contribution is 6.30. The van der Waals surface area contributed by atoms with E-state index in [-0.39, 0.29) is 12.5 Å². The van der Waals surface area contributed by atoms with Gasteiger partial charge in [0.1, 0.15) is 17.2 Å². The van der Waals surface area contributed by atoms with Crippen LogP contribution in [-0.2, 0) is 6.54 Å². The third kappa shape index (κ3) is 4.17. The summed E-state index contributed by atoms with van der Waals surface area (Å²) in [5.74, 6) is 1.15. The van der Waals surface area contributed by atoms with Crippen LogP contribution in [0.25, 0.3) is 16.9 Å². The van der Waals surface area contributed by atoms with Crippen LogP contribution >= 0.6 is 11.6 Å². The van der Waals surface area contributed by atoms with E-state index in [0.717, 1.165) is 11.3 Å². The number of hydrogen-bond donors (Lipinski definition) is 1. The van der Waals surface area contributed by atoms with Crippen molar-refractivity contribution >= 4 is 17.5 Å². The minimum atomic E-state index is -0.270. The van der Waals surface area contributed by atoms with Crippen LogP contribution in [0.1, 0.15) is 16.2 Å². The molecular formula is C22H18ClN3O3.